The van der Waals surface area contributed by atoms with Crippen molar-refractivity contribution in [2.24, 2.45) is 0 Å². The minimum Gasteiger partial charge on any atom is -0.244 e. The molecule has 0 N–H and O–H groups in total. The molecule has 17 heavy (non-hydrogen) atoms. The van der Waals surface area contributed by atoms with E-state index in [0.29, 0.717) is 16.7 Å². The molecule has 2 nitrogen and oxygen atoms in total. The molecule has 0 bridgehead atoms. The number of pyridine rings is 1. The van der Waals surface area contributed by atoms with Gasteiger partial charge in [0.1, 0.15) is 11.0 Å². The molecule has 2 aromatic rings. The van der Waals surface area contributed by atoms with Gasteiger partial charge >= 0.3 is 0 Å². The third kappa shape index (κ3) is 2.43. The summed E-state index contributed by atoms with van der Waals surface area (Å²) < 4.78 is 13.6. The lowest BCUT2D eigenvalue weighted by Crippen LogP contribution is -1.91. The fraction of sp³-hybridized carbons (Fsp3) is 0.0769. The van der Waals surface area contributed by atoms with Gasteiger partial charge in [-0.15, -0.1) is 0 Å². The third-order valence-electron chi connectivity index (χ3n) is 2.37. The first-order valence-electron chi connectivity index (χ1n) is 4.98. The summed E-state index contributed by atoms with van der Waals surface area (Å²) in [5.74, 6) is -0.320. The number of hydrogen-bond acceptors (Lipinski definition) is 2. The molecule has 0 aliphatic heterocycles. The van der Waals surface area contributed by atoms with E-state index in [1.807, 2.05) is 6.07 Å². The van der Waals surface area contributed by atoms with Crippen molar-refractivity contribution in [3.63, 3.8) is 0 Å². The topological polar surface area (TPSA) is 36.7 Å². The van der Waals surface area contributed by atoms with E-state index in [9.17, 15) is 4.39 Å². The molecule has 0 saturated heterocycles. The number of halogens is 2. The summed E-state index contributed by atoms with van der Waals surface area (Å²) in [6.07, 6.45) is 1.66. The van der Waals surface area contributed by atoms with Gasteiger partial charge in [0.2, 0.25) is 0 Å². The number of nitriles is 1. The summed E-state index contributed by atoms with van der Waals surface area (Å²) in [6.45, 7) is 0. The quantitative estimate of drug-likeness (QED) is 0.759. The summed E-state index contributed by atoms with van der Waals surface area (Å²) in [6, 6.07) is 10.1. The maximum Gasteiger partial charge on any atom is 0.133 e. The predicted octanol–water partition coefficient (Wildman–Crippen LogP) is 3.61. The molecule has 0 aliphatic carbocycles. The zero-order chi connectivity index (χ0) is 12.3. The van der Waals surface area contributed by atoms with Gasteiger partial charge in [-0.1, -0.05) is 29.8 Å². The van der Waals surface area contributed by atoms with Crippen LogP contribution >= 0.6 is 11.6 Å². The number of benzene rings is 1. The molecule has 4 heteroatoms. The van der Waals surface area contributed by atoms with Gasteiger partial charge in [0.25, 0.3) is 0 Å². The summed E-state index contributed by atoms with van der Waals surface area (Å²) >= 11 is 5.85. The van der Waals surface area contributed by atoms with Crippen LogP contribution in [0.2, 0.25) is 5.15 Å². The smallest absolute Gasteiger partial charge is 0.133 e. The largest absolute Gasteiger partial charge is 0.244 e. The van der Waals surface area contributed by atoms with Crippen molar-refractivity contribution >= 4 is 11.6 Å². The average Bonchev–Trinajstić information content (AvgIpc) is 2.33. The van der Waals surface area contributed by atoms with Crippen LogP contribution in [0.25, 0.3) is 11.1 Å². The molecule has 1 aromatic carbocycles. The number of rotatable bonds is 2. The van der Waals surface area contributed by atoms with Crippen molar-refractivity contribution in [2.45, 2.75) is 6.42 Å². The van der Waals surface area contributed by atoms with E-state index in [2.05, 4.69) is 4.98 Å². The van der Waals surface area contributed by atoms with Crippen molar-refractivity contribution in [1.82, 2.24) is 4.98 Å². The Labute approximate surface area is 103 Å². The zero-order valence-corrected chi connectivity index (χ0v) is 9.58. The monoisotopic (exact) mass is 246 g/mol. The van der Waals surface area contributed by atoms with Crippen LogP contribution in [0.15, 0.2) is 36.5 Å². The average molecular weight is 247 g/mol. The Morgan fingerprint density at radius 3 is 2.82 bits per heavy atom. The summed E-state index contributed by atoms with van der Waals surface area (Å²) in [5, 5.41) is 8.93. The van der Waals surface area contributed by atoms with E-state index >= 15 is 0 Å². The second-order valence-corrected chi connectivity index (χ2v) is 3.85. The van der Waals surface area contributed by atoms with Crippen molar-refractivity contribution in [3.8, 4) is 17.2 Å². The standard InChI is InChI=1S/C13H8ClFN2/c14-13-9(5-6-16)7-10(8-17-13)11-3-1-2-4-12(11)15/h1-4,7-8H,5H2. The maximum atomic E-state index is 13.6. The Morgan fingerprint density at radius 2 is 2.12 bits per heavy atom. The fourth-order valence-corrected chi connectivity index (χ4v) is 1.72. The molecular formula is C13H8ClFN2. The first-order valence-corrected chi connectivity index (χ1v) is 5.36. The highest BCUT2D eigenvalue weighted by atomic mass is 35.5. The second kappa shape index (κ2) is 4.94. The van der Waals surface area contributed by atoms with Crippen LogP contribution in [0.5, 0.6) is 0 Å². The Morgan fingerprint density at radius 1 is 1.35 bits per heavy atom. The summed E-state index contributed by atoms with van der Waals surface area (Å²) in [7, 11) is 0. The van der Waals surface area contributed by atoms with E-state index in [1.165, 1.54) is 12.3 Å². The molecule has 0 aliphatic rings. The zero-order valence-electron chi connectivity index (χ0n) is 8.82. The summed E-state index contributed by atoms with van der Waals surface area (Å²) in [5.41, 5.74) is 1.68. The van der Waals surface area contributed by atoms with Crippen molar-refractivity contribution in [1.29, 1.82) is 5.26 Å². The number of hydrogen-bond donors (Lipinski definition) is 0. The van der Waals surface area contributed by atoms with Gasteiger partial charge < -0.3 is 0 Å². The molecule has 84 valence electrons. The van der Waals surface area contributed by atoms with E-state index in [-0.39, 0.29) is 17.4 Å². The number of aromatic nitrogens is 1. The van der Waals surface area contributed by atoms with Crippen LogP contribution < -0.4 is 0 Å². The van der Waals surface area contributed by atoms with Gasteiger partial charge in [0.15, 0.2) is 0 Å². The Bertz CT molecular complexity index is 590. The van der Waals surface area contributed by atoms with Crippen LogP contribution in [0.3, 0.4) is 0 Å². The van der Waals surface area contributed by atoms with Gasteiger partial charge in [-0.2, -0.15) is 5.26 Å². The Balaban J connectivity index is 2.51. The first-order chi connectivity index (χ1) is 8.22. The molecule has 0 spiro atoms. The number of nitrogens with zero attached hydrogens (tertiary/aromatic N) is 2. The molecule has 1 aromatic heterocycles. The predicted molar refractivity (Wildman–Crippen MR) is 64.0 cm³/mol. The second-order valence-electron chi connectivity index (χ2n) is 3.49. The van der Waals surface area contributed by atoms with Gasteiger partial charge in [0.05, 0.1) is 12.5 Å². The molecular weight excluding hydrogens is 239 g/mol. The van der Waals surface area contributed by atoms with Crippen molar-refractivity contribution in [3.05, 3.63) is 53.1 Å². The lowest BCUT2D eigenvalue weighted by molar-refractivity contribution is 0.631. The maximum absolute atomic E-state index is 13.6. The highest BCUT2D eigenvalue weighted by Crippen LogP contribution is 2.25. The minimum atomic E-state index is -0.320. The molecule has 2 rings (SSSR count). The van der Waals surface area contributed by atoms with E-state index in [0.717, 1.165) is 0 Å². The van der Waals surface area contributed by atoms with E-state index in [1.54, 1.807) is 24.3 Å². The third-order valence-corrected chi connectivity index (χ3v) is 2.71. The van der Waals surface area contributed by atoms with Gasteiger partial charge in [-0.05, 0) is 12.1 Å². The lowest BCUT2D eigenvalue weighted by Gasteiger charge is -2.05. The SMILES string of the molecule is N#CCc1cc(-c2ccccc2F)cnc1Cl. The van der Waals surface area contributed by atoms with Crippen LogP contribution in [-0.4, -0.2) is 4.98 Å². The first kappa shape index (κ1) is 11.6. The molecule has 0 unspecified atom stereocenters. The molecule has 0 radical (unpaired) electrons. The molecule has 0 saturated carbocycles. The lowest BCUT2D eigenvalue weighted by atomic mass is 10.0. The van der Waals surface area contributed by atoms with Crippen LogP contribution in [0, 0.1) is 17.1 Å². The van der Waals surface area contributed by atoms with Gasteiger partial charge in [-0.3, -0.25) is 0 Å². The van der Waals surface area contributed by atoms with Crippen LogP contribution in [0.1, 0.15) is 5.56 Å². The van der Waals surface area contributed by atoms with Gasteiger partial charge in [0, 0.05) is 22.9 Å². The molecule has 1 heterocycles. The van der Waals surface area contributed by atoms with Crippen molar-refractivity contribution in [2.75, 3.05) is 0 Å². The Kier molecular flexibility index (Phi) is 3.36. The van der Waals surface area contributed by atoms with E-state index in [4.69, 9.17) is 16.9 Å². The van der Waals surface area contributed by atoms with Crippen LogP contribution in [-0.2, 0) is 6.42 Å². The van der Waals surface area contributed by atoms with E-state index < -0.39 is 0 Å². The molecule has 0 fully saturated rings. The summed E-state index contributed by atoms with van der Waals surface area (Å²) in [4.78, 5) is 3.96. The molecule has 0 atom stereocenters. The molecule has 0 amide bonds. The fourth-order valence-electron chi connectivity index (χ4n) is 1.55. The highest BCUT2D eigenvalue weighted by Gasteiger charge is 2.08. The van der Waals surface area contributed by atoms with Crippen LogP contribution in [0.4, 0.5) is 4.39 Å². The van der Waals surface area contributed by atoms with Crippen molar-refractivity contribution < 1.29 is 4.39 Å². The minimum absolute atomic E-state index is 0.161. The normalized spacial score (nSPS) is 9.94. The Hall–Kier alpha value is -1.92. The van der Waals surface area contributed by atoms with Gasteiger partial charge in [-0.25, -0.2) is 9.37 Å². The highest BCUT2D eigenvalue weighted by molar-refractivity contribution is 6.30.